The molecule has 3 aromatic heterocycles. The van der Waals surface area contributed by atoms with Crippen LogP contribution in [0.25, 0.3) is 33.6 Å². The first-order valence-corrected chi connectivity index (χ1v) is 15.9. The molecular formula is C35H39N9O. The van der Waals surface area contributed by atoms with Gasteiger partial charge in [0, 0.05) is 18.9 Å². The molecule has 0 aliphatic carbocycles. The van der Waals surface area contributed by atoms with Gasteiger partial charge in [0.15, 0.2) is 0 Å². The minimum Gasteiger partial charge on any atom is -0.342 e. The Balaban J connectivity index is 1.03. The Morgan fingerprint density at radius 3 is 2.00 bits per heavy atom. The molecule has 4 N–H and O–H groups in total. The summed E-state index contributed by atoms with van der Waals surface area (Å²) in [5.41, 5.74) is 6.46. The smallest absolute Gasteiger partial charge is 0.246 e. The molecule has 0 spiro atoms. The molecule has 45 heavy (non-hydrogen) atoms. The fourth-order valence-electron chi connectivity index (χ4n) is 6.44. The molecule has 10 heteroatoms. The van der Waals surface area contributed by atoms with Crippen molar-refractivity contribution in [3.05, 3.63) is 91.0 Å². The first kappa shape index (κ1) is 28.9. The number of benzene rings is 2. The number of H-pyrrole nitrogens is 2. The highest BCUT2D eigenvalue weighted by molar-refractivity contribution is 5.85. The SMILES string of the molecule is CC(C)[C@H](Nc1ncccn1)C(=O)N1CCC[C@H]1c1ncc(-c2ccc(-c3ccc(-c4cnc([C@@H]5CCCN5)[nH]4)cc3)cc2)[nH]1. The third-order valence-electron chi connectivity index (χ3n) is 8.94. The Kier molecular flexibility index (Phi) is 8.13. The van der Waals surface area contributed by atoms with Crippen molar-refractivity contribution in [3.8, 4) is 33.6 Å². The number of imidazole rings is 2. The van der Waals surface area contributed by atoms with Crippen LogP contribution in [-0.4, -0.2) is 59.8 Å². The molecule has 230 valence electrons. The molecule has 0 saturated carbocycles. The van der Waals surface area contributed by atoms with Crippen LogP contribution in [0, 0.1) is 5.92 Å². The summed E-state index contributed by atoms with van der Waals surface area (Å²) in [6, 6.07) is 18.7. The van der Waals surface area contributed by atoms with E-state index >= 15 is 0 Å². The molecule has 2 aromatic carbocycles. The van der Waals surface area contributed by atoms with Crippen molar-refractivity contribution in [1.29, 1.82) is 0 Å². The monoisotopic (exact) mass is 601 g/mol. The molecule has 0 radical (unpaired) electrons. The van der Waals surface area contributed by atoms with Gasteiger partial charge in [-0.1, -0.05) is 62.4 Å². The van der Waals surface area contributed by atoms with Crippen LogP contribution in [-0.2, 0) is 4.79 Å². The van der Waals surface area contributed by atoms with E-state index in [4.69, 9.17) is 4.98 Å². The van der Waals surface area contributed by atoms with E-state index in [2.05, 4.69) is 84.1 Å². The summed E-state index contributed by atoms with van der Waals surface area (Å²) in [5, 5.41) is 6.75. The van der Waals surface area contributed by atoms with E-state index in [9.17, 15) is 4.79 Å². The van der Waals surface area contributed by atoms with E-state index in [1.54, 1.807) is 18.5 Å². The summed E-state index contributed by atoms with van der Waals surface area (Å²) >= 11 is 0. The van der Waals surface area contributed by atoms with E-state index in [-0.39, 0.29) is 17.9 Å². The topological polar surface area (TPSA) is 128 Å². The molecule has 0 bridgehead atoms. The minimum atomic E-state index is -0.421. The number of nitrogens with zero attached hydrogens (tertiary/aromatic N) is 5. The normalized spacial score (nSPS) is 18.9. The van der Waals surface area contributed by atoms with Gasteiger partial charge < -0.3 is 25.5 Å². The largest absolute Gasteiger partial charge is 0.342 e. The van der Waals surface area contributed by atoms with Gasteiger partial charge in [0.25, 0.3) is 0 Å². The molecule has 7 rings (SSSR count). The van der Waals surface area contributed by atoms with E-state index in [1.165, 1.54) is 6.42 Å². The molecule has 2 saturated heterocycles. The van der Waals surface area contributed by atoms with E-state index in [1.807, 2.05) is 31.1 Å². The molecule has 2 aliphatic heterocycles. The lowest BCUT2D eigenvalue weighted by molar-refractivity contribution is -0.134. The van der Waals surface area contributed by atoms with Crippen LogP contribution in [0.5, 0.6) is 0 Å². The van der Waals surface area contributed by atoms with Gasteiger partial charge in [0.2, 0.25) is 11.9 Å². The number of rotatable bonds is 9. The van der Waals surface area contributed by atoms with E-state index < -0.39 is 6.04 Å². The van der Waals surface area contributed by atoms with Gasteiger partial charge in [-0.05, 0) is 66.5 Å². The highest BCUT2D eigenvalue weighted by atomic mass is 16.2. The quantitative estimate of drug-likeness (QED) is 0.160. The number of likely N-dealkylation sites (tertiary alicyclic amines) is 1. The third kappa shape index (κ3) is 6.10. The maximum Gasteiger partial charge on any atom is 0.246 e. The first-order chi connectivity index (χ1) is 22.0. The molecule has 2 aliphatic rings. The van der Waals surface area contributed by atoms with Crippen LogP contribution in [0.15, 0.2) is 79.4 Å². The van der Waals surface area contributed by atoms with Crippen molar-refractivity contribution in [1.82, 2.24) is 40.1 Å². The van der Waals surface area contributed by atoms with Crippen LogP contribution in [0.1, 0.15) is 63.3 Å². The maximum atomic E-state index is 13.7. The highest BCUT2D eigenvalue weighted by Gasteiger charge is 2.37. The number of hydrogen-bond donors (Lipinski definition) is 4. The zero-order valence-corrected chi connectivity index (χ0v) is 25.7. The summed E-state index contributed by atoms with van der Waals surface area (Å²) in [6.07, 6.45) is 11.3. The summed E-state index contributed by atoms with van der Waals surface area (Å²) in [4.78, 5) is 40.6. The Morgan fingerprint density at radius 2 is 1.40 bits per heavy atom. The van der Waals surface area contributed by atoms with Crippen molar-refractivity contribution in [2.45, 2.75) is 57.7 Å². The second-order valence-corrected chi connectivity index (χ2v) is 12.3. The van der Waals surface area contributed by atoms with Crippen LogP contribution >= 0.6 is 0 Å². The van der Waals surface area contributed by atoms with E-state index in [0.29, 0.717) is 18.5 Å². The summed E-state index contributed by atoms with van der Waals surface area (Å²) in [6.45, 7) is 5.83. The number of carbonyl (C=O) groups is 1. The Hall–Kier alpha value is -4.83. The fourth-order valence-corrected chi connectivity index (χ4v) is 6.44. The van der Waals surface area contributed by atoms with Gasteiger partial charge in [-0.3, -0.25) is 4.79 Å². The number of anilines is 1. The Morgan fingerprint density at radius 1 is 0.800 bits per heavy atom. The summed E-state index contributed by atoms with van der Waals surface area (Å²) < 4.78 is 0. The molecule has 0 unspecified atom stereocenters. The van der Waals surface area contributed by atoms with Crippen LogP contribution in [0.3, 0.4) is 0 Å². The predicted molar refractivity (Wildman–Crippen MR) is 175 cm³/mol. The average molecular weight is 602 g/mol. The number of hydrogen-bond acceptors (Lipinski definition) is 7. The van der Waals surface area contributed by atoms with Crippen molar-refractivity contribution < 1.29 is 4.79 Å². The lowest BCUT2D eigenvalue weighted by Gasteiger charge is -2.30. The van der Waals surface area contributed by atoms with Crippen molar-refractivity contribution in [3.63, 3.8) is 0 Å². The molecule has 1 amide bonds. The molecular weight excluding hydrogens is 562 g/mol. The predicted octanol–water partition coefficient (Wildman–Crippen LogP) is 6.15. The van der Waals surface area contributed by atoms with Gasteiger partial charge >= 0.3 is 0 Å². The standard InChI is InChI=1S/C35H39N9O/c1-22(2)31(43-35-37-17-5-18-38-35)34(45)44-19-4-7-30(44)33-40-21-29(42-33)26-14-10-24(11-15-26)23-8-12-25(13-9-23)28-20-39-32(41-28)27-6-3-16-36-27/h5,8-15,17-18,20-22,27,30-31,36H,3-4,6-7,16,19H2,1-2H3,(H,39,41)(H,40,42)(H,37,38,43)/t27-,30-,31-/m0/s1. The number of carbonyl (C=O) groups excluding carboxylic acids is 1. The van der Waals surface area contributed by atoms with E-state index in [0.717, 1.165) is 71.1 Å². The van der Waals surface area contributed by atoms with Crippen molar-refractivity contribution in [2.75, 3.05) is 18.4 Å². The fraction of sp³-hybridized carbons (Fsp3) is 0.343. The number of aromatic nitrogens is 6. The third-order valence-corrected chi connectivity index (χ3v) is 8.94. The van der Waals surface area contributed by atoms with Gasteiger partial charge in [-0.2, -0.15) is 0 Å². The zero-order valence-electron chi connectivity index (χ0n) is 25.7. The molecule has 10 nitrogen and oxygen atoms in total. The number of amides is 1. The summed E-state index contributed by atoms with van der Waals surface area (Å²) in [7, 11) is 0. The number of aromatic amines is 2. The number of nitrogens with one attached hydrogen (secondary N) is 4. The minimum absolute atomic E-state index is 0.0482. The second-order valence-electron chi connectivity index (χ2n) is 12.3. The highest BCUT2D eigenvalue weighted by Crippen LogP contribution is 2.34. The molecule has 3 atom stereocenters. The Labute approximate surface area is 263 Å². The molecule has 5 heterocycles. The Bertz CT molecular complexity index is 1720. The van der Waals surface area contributed by atoms with Crippen molar-refractivity contribution in [2.24, 2.45) is 5.92 Å². The van der Waals surface area contributed by atoms with Gasteiger partial charge in [-0.25, -0.2) is 19.9 Å². The van der Waals surface area contributed by atoms with Gasteiger partial charge in [-0.15, -0.1) is 0 Å². The molecule has 5 aromatic rings. The van der Waals surface area contributed by atoms with Crippen molar-refractivity contribution >= 4 is 11.9 Å². The molecule has 2 fully saturated rings. The van der Waals surface area contributed by atoms with Crippen LogP contribution in [0.4, 0.5) is 5.95 Å². The second kappa shape index (κ2) is 12.6. The average Bonchev–Trinajstić information content (AvgIpc) is 3.91. The zero-order chi connectivity index (χ0) is 30.8. The maximum absolute atomic E-state index is 13.7. The van der Waals surface area contributed by atoms with Crippen LogP contribution < -0.4 is 10.6 Å². The lowest BCUT2D eigenvalue weighted by atomic mass is 10.0. The first-order valence-electron chi connectivity index (χ1n) is 15.9. The van der Waals surface area contributed by atoms with Gasteiger partial charge in [0.1, 0.15) is 17.7 Å². The van der Waals surface area contributed by atoms with Crippen LogP contribution in [0.2, 0.25) is 0 Å². The summed E-state index contributed by atoms with van der Waals surface area (Å²) in [5.74, 6) is 2.42. The lowest BCUT2D eigenvalue weighted by Crippen LogP contribution is -2.45. The van der Waals surface area contributed by atoms with Gasteiger partial charge in [0.05, 0.1) is 35.9 Å².